The number of likely N-dealkylation sites (N-methyl/N-ethyl adjacent to an activating group) is 1. The monoisotopic (exact) mass is 438 g/mol. The third-order valence-electron chi connectivity index (χ3n) is 4.48. The van der Waals surface area contributed by atoms with Crippen molar-refractivity contribution in [2.75, 3.05) is 39.3 Å². The predicted molar refractivity (Wildman–Crippen MR) is 124 cm³/mol. The van der Waals surface area contributed by atoms with Crippen molar-refractivity contribution in [3.05, 3.63) is 66.8 Å². The summed E-state index contributed by atoms with van der Waals surface area (Å²) >= 11 is 1.21. The second-order valence-electron chi connectivity index (χ2n) is 6.73. The molecule has 1 aromatic heterocycles. The normalized spacial score (nSPS) is 13.5. The smallest absolute Gasteiger partial charge is 0.252 e. The maximum atomic E-state index is 13.0. The van der Waals surface area contributed by atoms with Crippen molar-refractivity contribution in [1.29, 1.82) is 0 Å². The van der Waals surface area contributed by atoms with Crippen LogP contribution < -0.4 is 0 Å². The van der Waals surface area contributed by atoms with E-state index in [4.69, 9.17) is 4.74 Å². The van der Waals surface area contributed by atoms with Crippen LogP contribution in [-0.4, -0.2) is 57.0 Å². The van der Waals surface area contributed by atoms with E-state index in [1.54, 1.807) is 35.7 Å². The van der Waals surface area contributed by atoms with Crippen molar-refractivity contribution in [2.24, 2.45) is 5.92 Å². The number of nitrogens with zero attached hydrogens (tertiary/aromatic N) is 2. The average molecular weight is 439 g/mol. The van der Waals surface area contributed by atoms with E-state index in [1.165, 1.54) is 15.6 Å². The Balaban J connectivity index is 2.88. The van der Waals surface area contributed by atoms with Gasteiger partial charge in [0.05, 0.1) is 0 Å². The van der Waals surface area contributed by atoms with Gasteiger partial charge in [-0.05, 0) is 48.2 Å². The van der Waals surface area contributed by atoms with Crippen LogP contribution in [0.15, 0.2) is 71.0 Å². The molecular formula is C22H34N2O3S2. The van der Waals surface area contributed by atoms with Crippen LogP contribution in [0, 0.1) is 5.92 Å². The fraction of sp³-hybridized carbons (Fsp3) is 0.455. The SMILES string of the molecule is C=CC(=CC(=C)CN(CC(C)C=C)S(=O)(=O)c1cccs1)OCCN(CC)CC. The maximum Gasteiger partial charge on any atom is 0.252 e. The summed E-state index contributed by atoms with van der Waals surface area (Å²) in [5.74, 6) is 0.609. The van der Waals surface area contributed by atoms with E-state index in [1.807, 2.05) is 6.92 Å². The largest absolute Gasteiger partial charge is 0.492 e. The fourth-order valence-corrected chi connectivity index (χ4v) is 5.34. The van der Waals surface area contributed by atoms with Gasteiger partial charge in [-0.1, -0.05) is 46.1 Å². The van der Waals surface area contributed by atoms with Crippen LogP contribution >= 0.6 is 11.3 Å². The first kappa shape index (κ1) is 25.4. The summed E-state index contributed by atoms with van der Waals surface area (Å²) in [6.45, 7) is 21.6. The highest BCUT2D eigenvalue weighted by Crippen LogP contribution is 2.23. The van der Waals surface area contributed by atoms with E-state index in [-0.39, 0.29) is 12.5 Å². The molecule has 0 saturated heterocycles. The molecule has 1 rings (SSSR count). The molecule has 0 spiro atoms. The van der Waals surface area contributed by atoms with E-state index in [0.29, 0.717) is 28.7 Å². The van der Waals surface area contributed by atoms with E-state index < -0.39 is 10.0 Å². The number of hydrogen-bond acceptors (Lipinski definition) is 5. The van der Waals surface area contributed by atoms with Gasteiger partial charge in [0.15, 0.2) is 0 Å². The van der Waals surface area contributed by atoms with E-state index in [2.05, 4.69) is 38.5 Å². The average Bonchev–Trinajstić information content (AvgIpc) is 3.25. The molecule has 1 unspecified atom stereocenters. The van der Waals surface area contributed by atoms with Crippen molar-refractivity contribution in [3.63, 3.8) is 0 Å². The molecule has 5 nitrogen and oxygen atoms in total. The Morgan fingerprint density at radius 1 is 1.31 bits per heavy atom. The standard InChI is InChI=1S/C22H34N2O3S2/c1-7-19(5)17-24(29(25,26)22-12-11-15-28-22)18-20(6)16-21(8-2)27-14-13-23(9-3)10-4/h7-8,11-12,15-16,19H,1-2,6,9-10,13-14,17-18H2,3-5H3. The molecule has 1 atom stereocenters. The highest BCUT2D eigenvalue weighted by atomic mass is 32.2. The molecule has 1 heterocycles. The minimum absolute atomic E-state index is 0.0192. The Bertz CT molecular complexity index is 779. The third kappa shape index (κ3) is 8.30. The highest BCUT2D eigenvalue weighted by Gasteiger charge is 2.26. The van der Waals surface area contributed by atoms with Gasteiger partial charge in [-0.25, -0.2) is 8.42 Å². The molecule has 29 heavy (non-hydrogen) atoms. The molecule has 0 radical (unpaired) electrons. The molecule has 0 aliphatic heterocycles. The zero-order valence-corrected chi connectivity index (χ0v) is 19.5. The predicted octanol–water partition coefficient (Wildman–Crippen LogP) is 4.55. The molecule has 0 aliphatic carbocycles. The minimum Gasteiger partial charge on any atom is -0.492 e. The van der Waals surface area contributed by atoms with Crippen LogP contribution in [0.5, 0.6) is 0 Å². The van der Waals surface area contributed by atoms with Gasteiger partial charge in [-0.15, -0.1) is 17.9 Å². The van der Waals surface area contributed by atoms with Crippen LogP contribution in [0.4, 0.5) is 0 Å². The van der Waals surface area contributed by atoms with Crippen LogP contribution in [0.2, 0.25) is 0 Å². The zero-order valence-electron chi connectivity index (χ0n) is 17.8. The topological polar surface area (TPSA) is 49.9 Å². The minimum atomic E-state index is -3.59. The molecule has 7 heteroatoms. The molecule has 162 valence electrons. The first-order valence-corrected chi connectivity index (χ1v) is 12.1. The van der Waals surface area contributed by atoms with Gasteiger partial charge in [-0.2, -0.15) is 4.31 Å². The second kappa shape index (κ2) is 12.8. The Morgan fingerprint density at radius 2 is 2.00 bits per heavy atom. The van der Waals surface area contributed by atoms with Gasteiger partial charge in [-0.3, -0.25) is 0 Å². The molecule has 1 aromatic rings. The molecule has 0 saturated carbocycles. The number of thiophene rings is 1. The molecule has 0 N–H and O–H groups in total. The second-order valence-corrected chi connectivity index (χ2v) is 9.84. The lowest BCUT2D eigenvalue weighted by Gasteiger charge is -2.24. The molecule has 0 aromatic carbocycles. The van der Waals surface area contributed by atoms with Crippen LogP contribution in [0.25, 0.3) is 0 Å². The number of ether oxygens (including phenoxy) is 1. The van der Waals surface area contributed by atoms with Crippen LogP contribution in [0.3, 0.4) is 0 Å². The lowest BCUT2D eigenvalue weighted by atomic mass is 10.2. The fourth-order valence-electron chi connectivity index (χ4n) is 2.65. The molecule has 0 fully saturated rings. The third-order valence-corrected chi connectivity index (χ3v) is 7.67. The summed E-state index contributed by atoms with van der Waals surface area (Å²) in [6, 6.07) is 3.36. The summed E-state index contributed by atoms with van der Waals surface area (Å²) in [5, 5.41) is 1.76. The summed E-state index contributed by atoms with van der Waals surface area (Å²) in [4.78, 5) is 2.27. The Kier molecular flexibility index (Phi) is 11.2. The summed E-state index contributed by atoms with van der Waals surface area (Å²) < 4.78 is 33.6. The van der Waals surface area contributed by atoms with E-state index in [0.717, 1.165) is 19.6 Å². The molecule has 0 amide bonds. The van der Waals surface area contributed by atoms with Crippen molar-refractivity contribution in [2.45, 2.75) is 25.0 Å². The summed E-state index contributed by atoms with van der Waals surface area (Å²) in [5.41, 5.74) is 0.638. The van der Waals surface area contributed by atoms with E-state index in [9.17, 15) is 8.42 Å². The molecule has 0 bridgehead atoms. The van der Waals surface area contributed by atoms with Crippen LogP contribution in [0.1, 0.15) is 20.8 Å². The summed E-state index contributed by atoms with van der Waals surface area (Å²) in [7, 11) is -3.59. The van der Waals surface area contributed by atoms with Crippen LogP contribution in [-0.2, 0) is 14.8 Å². The van der Waals surface area contributed by atoms with Crippen molar-refractivity contribution in [3.8, 4) is 0 Å². The lowest BCUT2D eigenvalue weighted by molar-refractivity contribution is 0.171. The first-order chi connectivity index (χ1) is 13.8. The van der Waals surface area contributed by atoms with Gasteiger partial charge in [0.1, 0.15) is 16.6 Å². The van der Waals surface area contributed by atoms with Crippen molar-refractivity contribution in [1.82, 2.24) is 9.21 Å². The van der Waals surface area contributed by atoms with Gasteiger partial charge >= 0.3 is 0 Å². The maximum absolute atomic E-state index is 13.0. The van der Waals surface area contributed by atoms with Crippen molar-refractivity contribution < 1.29 is 13.2 Å². The number of allylic oxidation sites excluding steroid dienone is 1. The number of sulfonamides is 1. The quantitative estimate of drug-likeness (QED) is 0.229. The Labute approximate surface area is 180 Å². The van der Waals surface area contributed by atoms with Gasteiger partial charge in [0.25, 0.3) is 10.0 Å². The molecular weight excluding hydrogens is 404 g/mol. The van der Waals surface area contributed by atoms with E-state index >= 15 is 0 Å². The molecule has 0 aliphatic rings. The van der Waals surface area contributed by atoms with Crippen molar-refractivity contribution >= 4 is 21.4 Å². The lowest BCUT2D eigenvalue weighted by Crippen LogP contribution is -2.35. The first-order valence-electron chi connectivity index (χ1n) is 9.81. The van der Waals surface area contributed by atoms with Gasteiger partial charge in [0.2, 0.25) is 0 Å². The summed E-state index contributed by atoms with van der Waals surface area (Å²) in [6.07, 6.45) is 5.13. The Hall–Kier alpha value is -1.67. The number of hydrogen-bond donors (Lipinski definition) is 0. The zero-order chi connectivity index (χ0) is 21.9. The number of rotatable bonds is 15. The highest BCUT2D eigenvalue weighted by molar-refractivity contribution is 7.91. The van der Waals surface area contributed by atoms with Gasteiger partial charge < -0.3 is 9.64 Å². The Morgan fingerprint density at radius 3 is 2.52 bits per heavy atom. The van der Waals surface area contributed by atoms with Gasteiger partial charge in [0, 0.05) is 19.6 Å².